The molecule has 0 radical (unpaired) electrons. The predicted octanol–water partition coefficient (Wildman–Crippen LogP) is 1.03. The molecular weight excluding hydrogens is 216 g/mol. The van der Waals surface area contributed by atoms with Gasteiger partial charge < -0.3 is 0 Å². The second-order valence-electron chi connectivity index (χ2n) is 2.16. The fourth-order valence-corrected chi connectivity index (χ4v) is 0.269. The molecule has 0 unspecified atom stereocenters. The van der Waals surface area contributed by atoms with Gasteiger partial charge in [-0.1, -0.05) is 18.9 Å². The molecule has 7 nitrogen and oxygen atoms in total. The summed E-state index contributed by atoms with van der Waals surface area (Å²) in [6.07, 6.45) is 1.88. The Labute approximate surface area is 83.4 Å². The highest BCUT2D eigenvalue weighted by molar-refractivity contribution is 7.79. The molecule has 0 fully saturated rings. The Bertz CT molecular complexity index is 174. The molecule has 0 rings (SSSR count). The SMILES string of the molecule is CCCOOOCCC.O=S(=O)(O)O. The minimum atomic E-state index is -4.67. The molecule has 0 heterocycles. The van der Waals surface area contributed by atoms with Gasteiger partial charge in [0.2, 0.25) is 0 Å². The maximum absolute atomic E-state index is 8.74. The van der Waals surface area contributed by atoms with Crippen LogP contribution in [-0.2, 0) is 25.2 Å². The fraction of sp³-hybridized carbons (Fsp3) is 1.00. The summed E-state index contributed by atoms with van der Waals surface area (Å²) in [4.78, 5) is 9.13. The van der Waals surface area contributed by atoms with Crippen molar-refractivity contribution in [1.29, 1.82) is 0 Å². The predicted molar refractivity (Wildman–Crippen MR) is 47.7 cm³/mol. The molecule has 0 saturated heterocycles. The summed E-state index contributed by atoms with van der Waals surface area (Å²) in [7, 11) is -4.67. The molecule has 0 amide bonds. The highest BCUT2D eigenvalue weighted by Crippen LogP contribution is 1.85. The van der Waals surface area contributed by atoms with Crippen LogP contribution in [0.15, 0.2) is 0 Å². The van der Waals surface area contributed by atoms with Crippen molar-refractivity contribution in [2.45, 2.75) is 26.7 Å². The van der Waals surface area contributed by atoms with Gasteiger partial charge in [-0.15, -0.1) is 0 Å². The van der Waals surface area contributed by atoms with E-state index in [0.29, 0.717) is 13.2 Å². The minimum Gasteiger partial charge on any atom is -0.264 e. The van der Waals surface area contributed by atoms with E-state index >= 15 is 0 Å². The van der Waals surface area contributed by atoms with E-state index in [4.69, 9.17) is 17.5 Å². The van der Waals surface area contributed by atoms with Crippen molar-refractivity contribution in [3.05, 3.63) is 0 Å². The third kappa shape index (κ3) is 41.1. The van der Waals surface area contributed by atoms with Crippen molar-refractivity contribution in [1.82, 2.24) is 0 Å². The summed E-state index contributed by atoms with van der Waals surface area (Å²) in [5, 5.41) is 4.31. The van der Waals surface area contributed by atoms with Gasteiger partial charge in [0.1, 0.15) is 0 Å². The topological polar surface area (TPSA) is 102 Å². The summed E-state index contributed by atoms with van der Waals surface area (Å²) in [6, 6.07) is 0. The zero-order valence-corrected chi connectivity index (χ0v) is 8.99. The van der Waals surface area contributed by atoms with Crippen LogP contribution in [0.4, 0.5) is 0 Å². The molecule has 0 spiro atoms. The molecule has 0 aromatic rings. The van der Waals surface area contributed by atoms with Crippen LogP contribution < -0.4 is 0 Å². The molecule has 0 aromatic carbocycles. The molecule has 8 heteroatoms. The Balaban J connectivity index is 0. The Morgan fingerprint density at radius 2 is 1.29 bits per heavy atom. The van der Waals surface area contributed by atoms with E-state index in [2.05, 4.69) is 14.8 Å². The molecule has 0 bridgehead atoms. The zero-order chi connectivity index (χ0) is 11.4. The standard InChI is InChI=1S/C6H14O3.H2O4S/c1-3-5-7-9-8-6-4-2;1-5(2,3)4/h3-6H2,1-2H3;(H2,1,2,3,4). The van der Waals surface area contributed by atoms with Gasteiger partial charge >= 0.3 is 10.4 Å². The highest BCUT2D eigenvalue weighted by Gasteiger charge is 1.85. The van der Waals surface area contributed by atoms with Gasteiger partial charge in [0.15, 0.2) is 0 Å². The largest absolute Gasteiger partial charge is 0.394 e. The van der Waals surface area contributed by atoms with Gasteiger partial charge in [-0.25, -0.2) is 9.78 Å². The van der Waals surface area contributed by atoms with E-state index < -0.39 is 10.4 Å². The van der Waals surface area contributed by atoms with Crippen LogP contribution in [0.1, 0.15) is 26.7 Å². The monoisotopic (exact) mass is 232 g/mol. The van der Waals surface area contributed by atoms with E-state index in [1.54, 1.807) is 0 Å². The first-order valence-electron chi connectivity index (χ1n) is 4.02. The Kier molecular flexibility index (Phi) is 12.5. The Hall–Kier alpha value is -0.250. The molecule has 14 heavy (non-hydrogen) atoms. The third-order valence-corrected chi connectivity index (χ3v) is 0.671. The highest BCUT2D eigenvalue weighted by atomic mass is 32.3. The molecule has 0 aliphatic carbocycles. The summed E-state index contributed by atoms with van der Waals surface area (Å²) in [5.74, 6) is 0. The van der Waals surface area contributed by atoms with Crippen LogP contribution in [-0.4, -0.2) is 30.7 Å². The van der Waals surface area contributed by atoms with Crippen molar-refractivity contribution in [3.8, 4) is 0 Å². The Morgan fingerprint density at radius 3 is 1.50 bits per heavy atom. The number of rotatable bonds is 6. The normalized spacial score (nSPS) is 10.6. The van der Waals surface area contributed by atoms with Crippen LogP contribution in [0, 0.1) is 0 Å². The Morgan fingerprint density at radius 1 is 1.00 bits per heavy atom. The van der Waals surface area contributed by atoms with Crippen LogP contribution >= 0.6 is 0 Å². The minimum absolute atomic E-state index is 0.587. The van der Waals surface area contributed by atoms with Crippen molar-refractivity contribution in [3.63, 3.8) is 0 Å². The van der Waals surface area contributed by atoms with E-state index in [1.807, 2.05) is 13.8 Å². The van der Waals surface area contributed by atoms with Crippen molar-refractivity contribution in [2.24, 2.45) is 0 Å². The lowest BCUT2D eigenvalue weighted by atomic mass is 10.5. The smallest absolute Gasteiger partial charge is 0.264 e. The maximum atomic E-state index is 8.74. The fourth-order valence-electron chi connectivity index (χ4n) is 0.269. The van der Waals surface area contributed by atoms with Crippen LogP contribution in [0.2, 0.25) is 0 Å². The van der Waals surface area contributed by atoms with Crippen LogP contribution in [0.3, 0.4) is 0 Å². The summed E-state index contributed by atoms with van der Waals surface area (Å²) in [5.41, 5.74) is 0. The van der Waals surface area contributed by atoms with Crippen LogP contribution in [0.5, 0.6) is 0 Å². The first-order valence-corrected chi connectivity index (χ1v) is 5.42. The van der Waals surface area contributed by atoms with Crippen LogP contribution in [0.25, 0.3) is 0 Å². The van der Waals surface area contributed by atoms with Crippen molar-refractivity contribution >= 4 is 10.4 Å². The molecule has 0 aliphatic heterocycles. The summed E-state index contributed by atoms with van der Waals surface area (Å²) in [6.45, 7) is 5.18. The lowest BCUT2D eigenvalue weighted by Gasteiger charge is -1.98. The first-order chi connectivity index (χ1) is 6.41. The molecule has 0 aliphatic rings. The van der Waals surface area contributed by atoms with E-state index in [9.17, 15) is 0 Å². The quantitative estimate of drug-likeness (QED) is 0.305. The molecule has 2 N–H and O–H groups in total. The lowest BCUT2D eigenvalue weighted by Crippen LogP contribution is -1.97. The first kappa shape index (κ1) is 16.2. The molecular formula is C6H16O7S. The van der Waals surface area contributed by atoms with Gasteiger partial charge in [0.05, 0.1) is 13.2 Å². The van der Waals surface area contributed by atoms with Crippen molar-refractivity contribution < 1.29 is 32.3 Å². The van der Waals surface area contributed by atoms with E-state index in [-0.39, 0.29) is 0 Å². The second-order valence-corrected chi connectivity index (χ2v) is 3.06. The van der Waals surface area contributed by atoms with Crippen molar-refractivity contribution in [2.75, 3.05) is 13.2 Å². The zero-order valence-electron chi connectivity index (χ0n) is 8.17. The summed E-state index contributed by atoms with van der Waals surface area (Å²) >= 11 is 0. The lowest BCUT2D eigenvalue weighted by molar-refractivity contribution is -0.512. The average molecular weight is 232 g/mol. The van der Waals surface area contributed by atoms with Gasteiger partial charge in [-0.2, -0.15) is 8.42 Å². The van der Waals surface area contributed by atoms with E-state index in [0.717, 1.165) is 12.8 Å². The number of hydrogen-bond donors (Lipinski definition) is 2. The maximum Gasteiger partial charge on any atom is 0.394 e. The van der Waals surface area contributed by atoms with Gasteiger partial charge in [-0.3, -0.25) is 9.11 Å². The average Bonchev–Trinajstić information content (AvgIpc) is 2.01. The van der Waals surface area contributed by atoms with Gasteiger partial charge in [0, 0.05) is 0 Å². The molecule has 0 atom stereocenters. The van der Waals surface area contributed by atoms with Gasteiger partial charge in [0.25, 0.3) is 0 Å². The summed E-state index contributed by atoms with van der Waals surface area (Å²) < 4.78 is 31.6. The van der Waals surface area contributed by atoms with Gasteiger partial charge in [-0.05, 0) is 12.8 Å². The molecule has 0 aromatic heterocycles. The number of hydrogen-bond acceptors (Lipinski definition) is 5. The third-order valence-electron chi connectivity index (χ3n) is 0.671. The second kappa shape index (κ2) is 10.8. The molecule has 0 saturated carbocycles. The van der Waals surface area contributed by atoms with E-state index in [1.165, 1.54) is 0 Å². The molecule has 88 valence electrons.